The molecule has 7 heteroatoms. The van der Waals surface area contributed by atoms with Gasteiger partial charge in [-0.15, -0.1) is 0 Å². The predicted molar refractivity (Wildman–Crippen MR) is 112 cm³/mol. The van der Waals surface area contributed by atoms with Gasteiger partial charge in [0.1, 0.15) is 5.82 Å². The molecule has 0 atom stereocenters. The zero-order valence-corrected chi connectivity index (χ0v) is 17.6. The molecule has 0 aromatic heterocycles. The van der Waals surface area contributed by atoms with Crippen LogP contribution in [0.25, 0.3) is 0 Å². The molecule has 1 aromatic carbocycles. The third kappa shape index (κ3) is 5.19. The van der Waals surface area contributed by atoms with Crippen LogP contribution in [0.15, 0.2) is 24.3 Å². The van der Waals surface area contributed by atoms with Crippen LogP contribution >= 0.6 is 0 Å². The number of likely N-dealkylation sites (tertiary alicyclic amines) is 2. The molecule has 1 aromatic rings. The van der Waals surface area contributed by atoms with Crippen LogP contribution in [0.2, 0.25) is 0 Å². The van der Waals surface area contributed by atoms with Crippen molar-refractivity contribution >= 4 is 11.8 Å². The van der Waals surface area contributed by atoms with Crippen LogP contribution in [-0.2, 0) is 9.53 Å². The molecule has 0 saturated carbocycles. The van der Waals surface area contributed by atoms with Crippen molar-refractivity contribution < 1.29 is 18.7 Å². The summed E-state index contributed by atoms with van der Waals surface area (Å²) in [5.74, 6) is 0.517. The molecule has 4 rings (SSSR count). The Bertz CT molecular complexity index is 720. The monoisotopic (exact) mass is 417 g/mol. The first-order valence-corrected chi connectivity index (χ1v) is 11.2. The van der Waals surface area contributed by atoms with Crippen LogP contribution in [0.3, 0.4) is 0 Å². The number of piperidine rings is 2. The Kier molecular flexibility index (Phi) is 7.00. The van der Waals surface area contributed by atoms with Crippen LogP contribution in [0, 0.1) is 17.7 Å². The molecular weight excluding hydrogens is 385 g/mol. The lowest BCUT2D eigenvalue weighted by Gasteiger charge is -2.39. The molecule has 3 aliphatic heterocycles. The van der Waals surface area contributed by atoms with Gasteiger partial charge in [0, 0.05) is 57.3 Å². The molecule has 0 unspecified atom stereocenters. The highest BCUT2D eigenvalue weighted by molar-refractivity contribution is 5.94. The number of rotatable bonds is 4. The standard InChI is InChI=1S/C23H32FN3O3/c24-21-3-1-19(2-4-21)22(28)27-11-7-20(8-12-27)23(29)26-9-5-18(6-10-26)17-25-13-15-30-16-14-25/h1-4,18,20H,5-17H2. The molecule has 3 saturated heterocycles. The van der Waals surface area contributed by atoms with Gasteiger partial charge in [-0.2, -0.15) is 0 Å². The fourth-order valence-electron chi connectivity index (χ4n) is 4.85. The van der Waals surface area contributed by atoms with Gasteiger partial charge in [-0.1, -0.05) is 0 Å². The van der Waals surface area contributed by atoms with Crippen LogP contribution in [0.1, 0.15) is 36.0 Å². The Morgan fingerprint density at radius 1 is 0.867 bits per heavy atom. The second-order valence-corrected chi connectivity index (χ2v) is 8.76. The molecule has 2 amide bonds. The van der Waals surface area contributed by atoms with E-state index in [0.29, 0.717) is 37.4 Å². The van der Waals surface area contributed by atoms with Crippen molar-refractivity contribution in [1.29, 1.82) is 0 Å². The molecule has 0 bridgehead atoms. The summed E-state index contributed by atoms with van der Waals surface area (Å²) in [5.41, 5.74) is 0.503. The van der Waals surface area contributed by atoms with Crippen molar-refractivity contribution in [1.82, 2.24) is 14.7 Å². The fraction of sp³-hybridized carbons (Fsp3) is 0.652. The van der Waals surface area contributed by atoms with Gasteiger partial charge in [-0.05, 0) is 55.9 Å². The zero-order valence-electron chi connectivity index (χ0n) is 17.6. The molecule has 3 aliphatic rings. The number of benzene rings is 1. The van der Waals surface area contributed by atoms with Crippen molar-refractivity contribution in [2.75, 3.05) is 59.0 Å². The van der Waals surface area contributed by atoms with Crippen molar-refractivity contribution in [2.45, 2.75) is 25.7 Å². The van der Waals surface area contributed by atoms with Crippen LogP contribution < -0.4 is 0 Å². The maximum Gasteiger partial charge on any atom is 0.253 e. The topological polar surface area (TPSA) is 53.1 Å². The molecule has 30 heavy (non-hydrogen) atoms. The number of carbonyl (C=O) groups excluding carboxylic acids is 2. The number of ether oxygens (including phenoxy) is 1. The van der Waals surface area contributed by atoms with E-state index < -0.39 is 0 Å². The van der Waals surface area contributed by atoms with Gasteiger partial charge < -0.3 is 14.5 Å². The number of carbonyl (C=O) groups is 2. The van der Waals surface area contributed by atoms with E-state index in [1.165, 1.54) is 24.3 Å². The number of nitrogens with zero attached hydrogens (tertiary/aromatic N) is 3. The third-order valence-corrected chi connectivity index (χ3v) is 6.77. The summed E-state index contributed by atoms with van der Waals surface area (Å²) >= 11 is 0. The molecule has 3 heterocycles. The summed E-state index contributed by atoms with van der Waals surface area (Å²) in [4.78, 5) is 31.9. The first-order chi connectivity index (χ1) is 14.6. The van der Waals surface area contributed by atoms with Gasteiger partial charge in [0.15, 0.2) is 0 Å². The Hall–Kier alpha value is -1.99. The van der Waals surface area contributed by atoms with Gasteiger partial charge >= 0.3 is 0 Å². The van der Waals surface area contributed by atoms with E-state index in [2.05, 4.69) is 4.90 Å². The summed E-state index contributed by atoms with van der Waals surface area (Å²) in [7, 11) is 0. The Balaban J connectivity index is 1.21. The highest BCUT2D eigenvalue weighted by atomic mass is 19.1. The van der Waals surface area contributed by atoms with E-state index in [9.17, 15) is 14.0 Å². The highest BCUT2D eigenvalue weighted by Crippen LogP contribution is 2.25. The summed E-state index contributed by atoms with van der Waals surface area (Å²) in [6.07, 6.45) is 3.56. The van der Waals surface area contributed by atoms with Crippen LogP contribution in [0.5, 0.6) is 0 Å². The Morgan fingerprint density at radius 3 is 2.10 bits per heavy atom. The summed E-state index contributed by atoms with van der Waals surface area (Å²) in [6.45, 7) is 7.70. The van der Waals surface area contributed by atoms with Crippen molar-refractivity contribution in [3.05, 3.63) is 35.6 Å². The van der Waals surface area contributed by atoms with Crippen LogP contribution in [0.4, 0.5) is 4.39 Å². The molecule has 0 radical (unpaired) electrons. The van der Waals surface area contributed by atoms with Crippen molar-refractivity contribution in [3.8, 4) is 0 Å². The zero-order chi connectivity index (χ0) is 20.9. The third-order valence-electron chi connectivity index (χ3n) is 6.77. The lowest BCUT2D eigenvalue weighted by atomic mass is 9.91. The lowest BCUT2D eigenvalue weighted by molar-refractivity contribution is -0.138. The normalized spacial score (nSPS) is 22.3. The minimum atomic E-state index is -0.343. The summed E-state index contributed by atoms with van der Waals surface area (Å²) in [5, 5.41) is 0. The number of hydrogen-bond donors (Lipinski definition) is 0. The molecule has 0 N–H and O–H groups in total. The van der Waals surface area contributed by atoms with Crippen LogP contribution in [-0.4, -0.2) is 85.5 Å². The molecule has 6 nitrogen and oxygen atoms in total. The second kappa shape index (κ2) is 9.88. The van der Waals surface area contributed by atoms with Gasteiger partial charge in [0.2, 0.25) is 5.91 Å². The van der Waals surface area contributed by atoms with E-state index in [4.69, 9.17) is 4.74 Å². The predicted octanol–water partition coefficient (Wildman–Crippen LogP) is 2.25. The lowest BCUT2D eigenvalue weighted by Crippen LogP contribution is -2.48. The average molecular weight is 418 g/mol. The Labute approximate surface area is 177 Å². The maximum atomic E-state index is 13.1. The van der Waals surface area contributed by atoms with E-state index >= 15 is 0 Å². The fourth-order valence-corrected chi connectivity index (χ4v) is 4.85. The van der Waals surface area contributed by atoms with Gasteiger partial charge in [0.05, 0.1) is 13.2 Å². The molecule has 164 valence electrons. The Morgan fingerprint density at radius 2 is 1.47 bits per heavy atom. The van der Waals surface area contributed by atoms with E-state index in [-0.39, 0.29) is 23.5 Å². The molecular formula is C23H32FN3O3. The molecule has 3 fully saturated rings. The van der Waals surface area contributed by atoms with E-state index in [0.717, 1.165) is 58.8 Å². The SMILES string of the molecule is O=C(c1ccc(F)cc1)N1CCC(C(=O)N2CCC(CN3CCOCC3)CC2)CC1. The highest BCUT2D eigenvalue weighted by Gasteiger charge is 2.32. The number of amides is 2. The molecule has 0 spiro atoms. The average Bonchev–Trinajstić information content (AvgIpc) is 2.80. The largest absolute Gasteiger partial charge is 0.379 e. The second-order valence-electron chi connectivity index (χ2n) is 8.76. The quantitative estimate of drug-likeness (QED) is 0.754. The van der Waals surface area contributed by atoms with Crippen molar-refractivity contribution in [3.63, 3.8) is 0 Å². The van der Waals surface area contributed by atoms with E-state index in [1.54, 1.807) is 4.90 Å². The molecule has 0 aliphatic carbocycles. The van der Waals surface area contributed by atoms with Crippen molar-refractivity contribution in [2.24, 2.45) is 11.8 Å². The van der Waals surface area contributed by atoms with Gasteiger partial charge in [-0.3, -0.25) is 14.5 Å². The number of halogens is 1. The number of morpholine rings is 1. The smallest absolute Gasteiger partial charge is 0.253 e. The van der Waals surface area contributed by atoms with Gasteiger partial charge in [0.25, 0.3) is 5.91 Å². The summed E-state index contributed by atoms with van der Waals surface area (Å²) in [6, 6.07) is 5.67. The van der Waals surface area contributed by atoms with Gasteiger partial charge in [-0.25, -0.2) is 4.39 Å². The summed E-state index contributed by atoms with van der Waals surface area (Å²) < 4.78 is 18.5. The first-order valence-electron chi connectivity index (χ1n) is 11.2. The van der Waals surface area contributed by atoms with E-state index in [1.807, 2.05) is 4.90 Å². The minimum absolute atomic E-state index is 0.0121. The number of hydrogen-bond acceptors (Lipinski definition) is 4. The minimum Gasteiger partial charge on any atom is -0.379 e. The first kappa shape index (κ1) is 21.2. The maximum absolute atomic E-state index is 13.1.